The van der Waals surface area contributed by atoms with Gasteiger partial charge >= 0.3 is 5.97 Å². The van der Waals surface area contributed by atoms with E-state index in [1.807, 2.05) is 13.8 Å². The van der Waals surface area contributed by atoms with Gasteiger partial charge in [-0.3, -0.25) is 0 Å². The summed E-state index contributed by atoms with van der Waals surface area (Å²) in [6.45, 7) is 5.80. The lowest BCUT2D eigenvalue weighted by Gasteiger charge is -2.56. The molecule has 5 heteroatoms. The van der Waals surface area contributed by atoms with Crippen LogP contribution in [0.2, 0.25) is 0 Å². The Kier molecular flexibility index (Phi) is 3.24. The first-order valence-electron chi connectivity index (χ1n) is 7.60. The van der Waals surface area contributed by atoms with Gasteiger partial charge in [0.2, 0.25) is 5.79 Å². The molecule has 0 spiro atoms. The van der Waals surface area contributed by atoms with Gasteiger partial charge in [-0.2, -0.15) is 0 Å². The van der Waals surface area contributed by atoms with Crippen molar-refractivity contribution in [3.63, 3.8) is 0 Å². The first-order chi connectivity index (χ1) is 9.75. The zero-order chi connectivity index (χ0) is 15.6. The first-order valence-corrected chi connectivity index (χ1v) is 7.60. The number of esters is 1. The largest absolute Gasteiger partial charge is 0.426 e. The number of hydrogen-bond donors (Lipinski definition) is 2. The van der Waals surface area contributed by atoms with Crippen molar-refractivity contribution in [2.75, 3.05) is 7.11 Å². The van der Waals surface area contributed by atoms with Gasteiger partial charge in [-0.05, 0) is 25.2 Å². The van der Waals surface area contributed by atoms with E-state index in [0.29, 0.717) is 24.8 Å². The third-order valence-corrected chi connectivity index (χ3v) is 6.16. The number of fused-ring (bicyclic) bond motifs is 2. The van der Waals surface area contributed by atoms with Crippen LogP contribution < -0.4 is 0 Å². The van der Waals surface area contributed by atoms with Crippen molar-refractivity contribution < 1.29 is 24.5 Å². The van der Waals surface area contributed by atoms with Crippen LogP contribution in [-0.4, -0.2) is 41.3 Å². The van der Waals surface area contributed by atoms with Gasteiger partial charge in [0.25, 0.3) is 0 Å². The number of aliphatic hydroxyl groups is 2. The molecule has 0 bridgehead atoms. The number of rotatable bonds is 1. The summed E-state index contributed by atoms with van der Waals surface area (Å²) in [5.74, 6) is -1.19. The van der Waals surface area contributed by atoms with Crippen molar-refractivity contribution in [2.24, 2.45) is 17.3 Å². The molecule has 21 heavy (non-hydrogen) atoms. The van der Waals surface area contributed by atoms with E-state index in [4.69, 9.17) is 9.47 Å². The minimum absolute atomic E-state index is 0.0734. The van der Waals surface area contributed by atoms with Crippen molar-refractivity contribution in [3.05, 3.63) is 11.1 Å². The highest BCUT2D eigenvalue weighted by Crippen LogP contribution is 2.59. The van der Waals surface area contributed by atoms with Gasteiger partial charge in [0.05, 0.1) is 12.2 Å². The third kappa shape index (κ3) is 1.84. The average molecular weight is 296 g/mol. The molecule has 0 aromatic carbocycles. The molecule has 3 aliphatic rings. The highest BCUT2D eigenvalue weighted by molar-refractivity contribution is 5.92. The van der Waals surface area contributed by atoms with Crippen LogP contribution >= 0.6 is 0 Å². The van der Waals surface area contributed by atoms with Crippen molar-refractivity contribution in [2.45, 2.75) is 58.0 Å². The summed E-state index contributed by atoms with van der Waals surface area (Å²) >= 11 is 0. The standard InChI is InChI=1S/C16H24O5/c1-8-10-5-11-9(2)14(19)21-16(11,20-4)7-15(10,3)13(18)6-12(8)17/h8,10,12-13,17-18H,5-7H2,1-4H3/t8-,10-,12+,13-,15+,16-/m1/s1. The minimum atomic E-state index is -1.03. The summed E-state index contributed by atoms with van der Waals surface area (Å²) in [5, 5.41) is 20.7. The molecular formula is C16H24O5. The molecule has 3 rings (SSSR count). The summed E-state index contributed by atoms with van der Waals surface area (Å²) in [4.78, 5) is 12.0. The molecule has 2 fully saturated rings. The maximum Gasteiger partial charge on any atom is 0.336 e. The molecule has 0 unspecified atom stereocenters. The summed E-state index contributed by atoms with van der Waals surface area (Å²) in [6, 6.07) is 0. The summed E-state index contributed by atoms with van der Waals surface area (Å²) in [6.07, 6.45) is 0.295. The average Bonchev–Trinajstić information content (AvgIpc) is 2.67. The van der Waals surface area contributed by atoms with Crippen molar-refractivity contribution >= 4 is 5.97 Å². The predicted molar refractivity (Wildman–Crippen MR) is 75.2 cm³/mol. The Morgan fingerprint density at radius 3 is 2.67 bits per heavy atom. The fraction of sp³-hybridized carbons (Fsp3) is 0.812. The molecule has 0 amide bonds. The second-order valence-corrected chi connectivity index (χ2v) is 7.12. The van der Waals surface area contributed by atoms with E-state index < -0.39 is 23.4 Å². The zero-order valence-electron chi connectivity index (χ0n) is 13.0. The van der Waals surface area contributed by atoms with Crippen molar-refractivity contribution in [3.8, 4) is 0 Å². The SMILES string of the molecule is CO[C@@]12C[C@]3(C)[C@H](O)C[C@H](O)[C@H](C)[C@H]3CC1=C(C)C(=O)O2. The Balaban J connectivity index is 2.06. The Bertz CT molecular complexity index is 513. The topological polar surface area (TPSA) is 76.0 Å². The van der Waals surface area contributed by atoms with Gasteiger partial charge in [-0.1, -0.05) is 13.8 Å². The summed E-state index contributed by atoms with van der Waals surface area (Å²) in [7, 11) is 1.54. The lowest BCUT2D eigenvalue weighted by Crippen LogP contribution is -2.59. The zero-order valence-corrected chi connectivity index (χ0v) is 13.0. The maximum absolute atomic E-state index is 12.0. The molecule has 1 heterocycles. The summed E-state index contributed by atoms with van der Waals surface area (Å²) < 4.78 is 11.1. The van der Waals surface area contributed by atoms with Crippen LogP contribution in [0, 0.1) is 17.3 Å². The van der Waals surface area contributed by atoms with E-state index in [1.54, 1.807) is 14.0 Å². The minimum Gasteiger partial charge on any atom is -0.426 e. The molecular weight excluding hydrogens is 272 g/mol. The van der Waals surface area contributed by atoms with E-state index in [-0.39, 0.29) is 17.8 Å². The maximum atomic E-state index is 12.0. The van der Waals surface area contributed by atoms with E-state index in [0.717, 1.165) is 5.57 Å². The molecule has 2 saturated carbocycles. The molecule has 1 aliphatic heterocycles. The highest BCUT2D eigenvalue weighted by atomic mass is 16.7. The third-order valence-electron chi connectivity index (χ3n) is 6.16. The van der Waals surface area contributed by atoms with Gasteiger partial charge in [-0.15, -0.1) is 0 Å². The number of methoxy groups -OCH3 is 1. The van der Waals surface area contributed by atoms with Crippen LogP contribution in [-0.2, 0) is 14.3 Å². The number of aliphatic hydroxyl groups excluding tert-OH is 2. The fourth-order valence-corrected chi connectivity index (χ4v) is 4.60. The molecule has 0 radical (unpaired) electrons. The lowest BCUT2D eigenvalue weighted by atomic mass is 9.53. The smallest absolute Gasteiger partial charge is 0.336 e. The van der Waals surface area contributed by atoms with Crippen molar-refractivity contribution in [1.29, 1.82) is 0 Å². The van der Waals surface area contributed by atoms with Crippen molar-refractivity contribution in [1.82, 2.24) is 0 Å². The second kappa shape index (κ2) is 4.54. The van der Waals surface area contributed by atoms with Crippen LogP contribution in [0.3, 0.4) is 0 Å². The van der Waals surface area contributed by atoms with E-state index in [9.17, 15) is 15.0 Å². The molecule has 5 nitrogen and oxygen atoms in total. The van der Waals surface area contributed by atoms with Gasteiger partial charge in [0.15, 0.2) is 0 Å². The molecule has 118 valence electrons. The highest BCUT2D eigenvalue weighted by Gasteiger charge is 2.62. The number of ether oxygens (including phenoxy) is 2. The molecule has 2 aliphatic carbocycles. The predicted octanol–water partition coefficient (Wildman–Crippen LogP) is 1.38. The van der Waals surface area contributed by atoms with E-state index >= 15 is 0 Å². The van der Waals surface area contributed by atoms with Gasteiger partial charge in [-0.25, -0.2) is 4.79 Å². The van der Waals surface area contributed by atoms with E-state index in [2.05, 4.69) is 0 Å². The quantitative estimate of drug-likeness (QED) is 0.715. The van der Waals surface area contributed by atoms with Crippen LogP contribution in [0.25, 0.3) is 0 Å². The molecule has 0 aromatic heterocycles. The van der Waals surface area contributed by atoms with Gasteiger partial charge in [0.1, 0.15) is 0 Å². The Morgan fingerprint density at radius 2 is 2.05 bits per heavy atom. The first kappa shape index (κ1) is 15.0. The molecule has 0 aromatic rings. The Labute approximate surface area is 124 Å². The van der Waals surface area contributed by atoms with Gasteiger partial charge in [0, 0.05) is 36.5 Å². The number of carbonyl (C=O) groups is 1. The van der Waals surface area contributed by atoms with Gasteiger partial charge < -0.3 is 19.7 Å². The van der Waals surface area contributed by atoms with E-state index in [1.165, 1.54) is 0 Å². The number of carbonyl (C=O) groups excluding carboxylic acids is 1. The normalized spacial score (nSPS) is 49.7. The second-order valence-electron chi connectivity index (χ2n) is 7.12. The fourth-order valence-electron chi connectivity index (χ4n) is 4.60. The summed E-state index contributed by atoms with van der Waals surface area (Å²) in [5.41, 5.74) is 1.06. The van der Waals surface area contributed by atoms with Crippen LogP contribution in [0.5, 0.6) is 0 Å². The molecule has 6 atom stereocenters. The van der Waals surface area contributed by atoms with Crippen LogP contribution in [0.4, 0.5) is 0 Å². The molecule has 0 saturated heterocycles. The van der Waals surface area contributed by atoms with Crippen LogP contribution in [0.1, 0.15) is 40.0 Å². The monoisotopic (exact) mass is 296 g/mol. The Morgan fingerprint density at radius 1 is 1.38 bits per heavy atom. The lowest BCUT2D eigenvalue weighted by molar-refractivity contribution is -0.240. The molecule has 2 N–H and O–H groups in total. The Hall–Kier alpha value is -0.910. The number of hydrogen-bond acceptors (Lipinski definition) is 5. The van der Waals surface area contributed by atoms with Crippen LogP contribution in [0.15, 0.2) is 11.1 Å².